The van der Waals surface area contributed by atoms with Crippen LogP contribution in [-0.2, 0) is 18.2 Å². The fraction of sp³-hybridized carbons (Fsp3) is 0.909. The summed E-state index contributed by atoms with van der Waals surface area (Å²) in [7, 11) is 1.72. The molecule has 1 aliphatic heterocycles. The van der Waals surface area contributed by atoms with E-state index in [9.17, 15) is 5.11 Å². The Kier molecular flexibility index (Phi) is 3.94. The van der Waals surface area contributed by atoms with Crippen LogP contribution in [0.3, 0.4) is 0 Å². The van der Waals surface area contributed by atoms with E-state index in [0.717, 1.165) is 26.3 Å². The first-order valence-corrected chi connectivity index (χ1v) is 6.24. The topological polar surface area (TPSA) is 76.3 Å². The summed E-state index contributed by atoms with van der Waals surface area (Å²) in [4.78, 5) is 3.65. The van der Waals surface area contributed by atoms with E-state index in [-0.39, 0.29) is 5.54 Å². The molecule has 1 saturated heterocycles. The summed E-state index contributed by atoms with van der Waals surface area (Å²) in [5.74, 6) is 0.575. The van der Waals surface area contributed by atoms with Gasteiger partial charge in [0.2, 0.25) is 0 Å². The monoisotopic (exact) mass is 255 g/mol. The number of aliphatic hydroxyl groups is 1. The van der Waals surface area contributed by atoms with Crippen molar-refractivity contribution < 1.29 is 9.84 Å². The summed E-state index contributed by atoms with van der Waals surface area (Å²) in [5, 5.41) is 22.2. The molecular weight excluding hydrogens is 234 g/mol. The van der Waals surface area contributed by atoms with Crippen LogP contribution in [0.1, 0.15) is 19.7 Å². The number of aryl methyl sites for hydroxylation is 1. The van der Waals surface area contributed by atoms with Gasteiger partial charge in [0.15, 0.2) is 5.82 Å². The van der Waals surface area contributed by atoms with Gasteiger partial charge in [0.05, 0.1) is 26.4 Å². The Hall–Kier alpha value is -1.05. The van der Waals surface area contributed by atoms with Crippen molar-refractivity contribution in [2.45, 2.75) is 31.9 Å². The number of aromatic nitrogens is 4. The van der Waals surface area contributed by atoms with Gasteiger partial charge in [0.1, 0.15) is 0 Å². The van der Waals surface area contributed by atoms with E-state index in [4.69, 9.17) is 4.74 Å². The second-order valence-electron chi connectivity index (χ2n) is 5.17. The minimum Gasteiger partial charge on any atom is -0.391 e. The fourth-order valence-corrected chi connectivity index (χ4v) is 2.18. The van der Waals surface area contributed by atoms with Crippen molar-refractivity contribution in [1.82, 2.24) is 25.1 Å². The lowest BCUT2D eigenvalue weighted by Crippen LogP contribution is -2.56. The first-order valence-electron chi connectivity index (χ1n) is 6.24. The lowest BCUT2D eigenvalue weighted by Gasteiger charge is -2.43. The van der Waals surface area contributed by atoms with Crippen molar-refractivity contribution in [2.75, 3.05) is 26.3 Å². The van der Waals surface area contributed by atoms with Crippen LogP contribution < -0.4 is 0 Å². The molecule has 0 amide bonds. The molecule has 1 aromatic rings. The second-order valence-corrected chi connectivity index (χ2v) is 5.17. The van der Waals surface area contributed by atoms with Gasteiger partial charge < -0.3 is 9.84 Å². The number of hydrogen-bond acceptors (Lipinski definition) is 6. The third-order valence-electron chi connectivity index (χ3n) is 3.57. The van der Waals surface area contributed by atoms with Gasteiger partial charge in [-0.2, -0.15) is 4.80 Å². The van der Waals surface area contributed by atoms with Crippen LogP contribution in [0.25, 0.3) is 0 Å². The Balaban J connectivity index is 1.99. The van der Waals surface area contributed by atoms with Gasteiger partial charge in [-0.3, -0.25) is 4.90 Å². The van der Waals surface area contributed by atoms with E-state index in [1.165, 1.54) is 4.80 Å². The van der Waals surface area contributed by atoms with Crippen molar-refractivity contribution in [3.63, 3.8) is 0 Å². The molecule has 7 heteroatoms. The van der Waals surface area contributed by atoms with Crippen LogP contribution in [0.15, 0.2) is 0 Å². The zero-order valence-corrected chi connectivity index (χ0v) is 11.2. The SMILES string of the molecule is Cn1nnc(CC(O)C(C)(C)N2CCOCC2)n1. The number of hydrogen-bond donors (Lipinski definition) is 1. The zero-order chi connectivity index (χ0) is 13.2. The molecule has 1 atom stereocenters. The third-order valence-corrected chi connectivity index (χ3v) is 3.57. The van der Waals surface area contributed by atoms with Crippen LogP contribution in [0.5, 0.6) is 0 Å². The molecule has 2 rings (SSSR count). The molecule has 0 aliphatic carbocycles. The fourth-order valence-electron chi connectivity index (χ4n) is 2.18. The molecule has 1 N–H and O–H groups in total. The largest absolute Gasteiger partial charge is 0.391 e. The lowest BCUT2D eigenvalue weighted by molar-refractivity contribution is -0.0617. The Morgan fingerprint density at radius 1 is 1.39 bits per heavy atom. The molecule has 102 valence electrons. The number of aliphatic hydroxyl groups excluding tert-OH is 1. The maximum Gasteiger partial charge on any atom is 0.177 e. The highest BCUT2D eigenvalue weighted by Crippen LogP contribution is 2.22. The second kappa shape index (κ2) is 5.29. The Labute approximate surface area is 107 Å². The third kappa shape index (κ3) is 2.85. The van der Waals surface area contributed by atoms with Crippen LogP contribution in [0, 0.1) is 0 Å². The molecule has 7 nitrogen and oxygen atoms in total. The highest BCUT2D eigenvalue weighted by atomic mass is 16.5. The summed E-state index contributed by atoms with van der Waals surface area (Å²) in [6.45, 7) is 7.22. The van der Waals surface area contributed by atoms with E-state index in [1.807, 2.05) is 13.8 Å². The van der Waals surface area contributed by atoms with E-state index >= 15 is 0 Å². The standard InChI is InChI=1S/C11H21N5O2/c1-11(2,16-4-6-18-7-5-16)9(17)8-10-12-14-15(3)13-10/h9,17H,4-8H2,1-3H3. The molecule has 1 fully saturated rings. The molecular formula is C11H21N5O2. The quantitative estimate of drug-likeness (QED) is 0.761. The van der Waals surface area contributed by atoms with E-state index in [0.29, 0.717) is 12.2 Å². The van der Waals surface area contributed by atoms with Crippen molar-refractivity contribution in [2.24, 2.45) is 7.05 Å². The number of ether oxygens (including phenoxy) is 1. The summed E-state index contributed by atoms with van der Waals surface area (Å²) in [6.07, 6.45) is -0.113. The molecule has 0 spiro atoms. The summed E-state index contributed by atoms with van der Waals surface area (Å²) in [5.41, 5.74) is -0.316. The lowest BCUT2D eigenvalue weighted by atomic mass is 9.92. The van der Waals surface area contributed by atoms with Crippen LogP contribution in [-0.4, -0.2) is 68.2 Å². The predicted octanol–water partition coefficient (Wildman–Crippen LogP) is -0.776. The van der Waals surface area contributed by atoms with Gasteiger partial charge in [-0.15, -0.1) is 10.2 Å². The van der Waals surface area contributed by atoms with Crippen molar-refractivity contribution in [3.05, 3.63) is 5.82 Å². The van der Waals surface area contributed by atoms with Crippen molar-refractivity contribution in [3.8, 4) is 0 Å². The zero-order valence-electron chi connectivity index (χ0n) is 11.2. The summed E-state index contributed by atoms with van der Waals surface area (Å²) < 4.78 is 5.33. The normalized spacial score (nSPS) is 20.0. The van der Waals surface area contributed by atoms with E-state index in [1.54, 1.807) is 7.05 Å². The number of morpholine rings is 1. The molecule has 0 bridgehead atoms. The summed E-state index contributed by atoms with van der Waals surface area (Å²) >= 11 is 0. The Bertz CT molecular complexity index is 387. The average Bonchev–Trinajstić information content (AvgIpc) is 2.76. The van der Waals surface area contributed by atoms with Crippen molar-refractivity contribution in [1.29, 1.82) is 0 Å². The molecule has 2 heterocycles. The molecule has 0 radical (unpaired) electrons. The Morgan fingerprint density at radius 3 is 2.61 bits per heavy atom. The molecule has 1 aromatic heterocycles. The first kappa shape index (κ1) is 13.4. The number of tetrazole rings is 1. The van der Waals surface area contributed by atoms with Crippen LogP contribution in [0.2, 0.25) is 0 Å². The Morgan fingerprint density at radius 2 is 2.06 bits per heavy atom. The summed E-state index contributed by atoms with van der Waals surface area (Å²) in [6, 6.07) is 0. The van der Waals surface area contributed by atoms with Crippen LogP contribution >= 0.6 is 0 Å². The smallest absolute Gasteiger partial charge is 0.177 e. The van der Waals surface area contributed by atoms with Crippen LogP contribution in [0.4, 0.5) is 0 Å². The molecule has 0 saturated carbocycles. The molecule has 18 heavy (non-hydrogen) atoms. The minimum absolute atomic E-state index is 0.316. The number of rotatable bonds is 4. The van der Waals surface area contributed by atoms with Gasteiger partial charge in [-0.1, -0.05) is 0 Å². The maximum absolute atomic E-state index is 10.4. The first-order chi connectivity index (χ1) is 8.50. The van der Waals surface area contributed by atoms with E-state index in [2.05, 4.69) is 20.3 Å². The molecule has 1 aliphatic rings. The highest BCUT2D eigenvalue weighted by molar-refractivity contribution is 4.95. The van der Waals surface area contributed by atoms with Crippen molar-refractivity contribution >= 4 is 0 Å². The highest BCUT2D eigenvalue weighted by Gasteiger charge is 2.35. The van der Waals surface area contributed by atoms with Gasteiger partial charge in [-0.25, -0.2) is 0 Å². The minimum atomic E-state index is -0.528. The van der Waals surface area contributed by atoms with E-state index < -0.39 is 6.10 Å². The van der Waals surface area contributed by atoms with Gasteiger partial charge in [0, 0.05) is 25.0 Å². The van der Waals surface area contributed by atoms with Gasteiger partial charge >= 0.3 is 0 Å². The average molecular weight is 255 g/mol. The maximum atomic E-state index is 10.4. The number of nitrogens with zero attached hydrogens (tertiary/aromatic N) is 5. The predicted molar refractivity (Wildman–Crippen MR) is 65.0 cm³/mol. The van der Waals surface area contributed by atoms with Gasteiger partial charge in [-0.05, 0) is 19.1 Å². The molecule has 1 unspecified atom stereocenters. The molecule has 0 aromatic carbocycles. The van der Waals surface area contributed by atoms with Gasteiger partial charge in [0.25, 0.3) is 0 Å².